The van der Waals surface area contributed by atoms with Crippen LogP contribution in [0.2, 0.25) is 0 Å². The van der Waals surface area contributed by atoms with Gasteiger partial charge in [0.05, 0.1) is 116 Å². The maximum atomic E-state index is 9.87. The summed E-state index contributed by atoms with van der Waals surface area (Å²) in [5.74, 6) is 0. The molecule has 4 nitrogen and oxygen atoms in total. The molecule has 0 radical (unpaired) electrons. The zero-order chi connectivity index (χ0) is 127. The fourth-order valence-corrected chi connectivity index (χ4v) is 12.3. The van der Waals surface area contributed by atoms with E-state index in [1.165, 1.54) is 0 Å². The highest BCUT2D eigenvalue weighted by atomic mass is 15.2. The van der Waals surface area contributed by atoms with Crippen LogP contribution in [0.25, 0.3) is 144 Å². The minimum atomic E-state index is -1.44. The molecular formula is C108H76N4. The number of benzene rings is 18. The van der Waals surface area contributed by atoms with Crippen LogP contribution in [-0.2, 0) is 0 Å². The molecule has 2 heterocycles. The highest BCUT2D eigenvalue weighted by Crippen LogP contribution is 2.46. The molecule has 0 aliphatic carbocycles. The first-order chi connectivity index (χ1) is 80.5. The highest BCUT2D eigenvalue weighted by Gasteiger charge is 2.22. The van der Waals surface area contributed by atoms with E-state index in [-0.39, 0.29) is 16.0 Å². The van der Waals surface area contributed by atoms with E-state index in [1.54, 1.807) is 18.2 Å². The fraction of sp³-hybridized carbons (Fsp3) is 0. The molecular weight excluding hydrogens is 1350 g/mol. The summed E-state index contributed by atoms with van der Waals surface area (Å²) in [5, 5.41) is -0.102. The smallest absolute Gasteiger partial charge is 0.0645 e. The van der Waals surface area contributed by atoms with Crippen LogP contribution in [0.15, 0.2) is 460 Å². The molecule has 4 heteroatoms. The van der Waals surface area contributed by atoms with Crippen molar-refractivity contribution in [3.05, 3.63) is 460 Å². The van der Waals surface area contributed by atoms with E-state index >= 15 is 0 Å². The molecule has 528 valence electrons. The standard InChI is InChI=1S/2C54H38N2/c2*1-4-14-39(15-5-1)41-24-31-46(32-25-41)55(52-22-12-10-20-49(52)44-18-8-3-9-19-44)47-33-28-43(29-34-47)45-30-37-54-51(38-45)50-21-11-13-23-53(50)56(54)48-35-26-42(27-36-48)40-16-6-2-7-17-40/h2*1-38H/i1D,2D,3D,4D,5D,6D,7D,8D,9D,10D,11D,12D,13D,14D,15D,16D,17D,18D,19D,20D,21D,22D,23D,24D,25D,26D,27D,28D,29D,30D,31D,32D,33D,34D,35D,36D,37D,38D;1D,3D,4D,5D,8D,9D,10D,12D,14D,15D,18D,19D,20D,22D,24D,25D,28D,29D,31D,32D,33D,34D. The summed E-state index contributed by atoms with van der Waals surface area (Å²) in [6, 6.07) is -34.0. The summed E-state index contributed by atoms with van der Waals surface area (Å²) in [6.07, 6.45) is 0. The molecule has 0 unspecified atom stereocenters. The second-order valence-corrected chi connectivity index (χ2v) is 23.8. The van der Waals surface area contributed by atoms with Crippen molar-refractivity contribution in [2.24, 2.45) is 0 Å². The molecule has 0 N–H and O–H groups in total. The second-order valence-electron chi connectivity index (χ2n) is 23.8. The second kappa shape index (κ2) is 30.4. The Balaban J connectivity index is 0.000000213. The number of fused-ring (bicyclic) bond motifs is 6. The summed E-state index contributed by atoms with van der Waals surface area (Å²) in [7, 11) is 0. The minimum absolute atomic E-state index is 0.189. The molecule has 0 bridgehead atoms. The van der Waals surface area contributed by atoms with E-state index in [9.17, 15) is 35.6 Å². The number of rotatable bonds is 16. The molecule has 0 amide bonds. The molecule has 0 aliphatic rings. The molecule has 18 aromatic carbocycles. The molecule has 0 saturated carbocycles. The molecule has 0 spiro atoms. The minimum Gasteiger partial charge on any atom is -0.310 e. The summed E-state index contributed by atoms with van der Waals surface area (Å²) < 4.78 is 543. The predicted octanol–water partition coefficient (Wildman–Crippen LogP) is 29.8. The first-order valence-corrected chi connectivity index (χ1v) is 33.5. The van der Waals surface area contributed by atoms with Gasteiger partial charge in [0.1, 0.15) is 0 Å². The lowest BCUT2D eigenvalue weighted by atomic mass is 10.00. The van der Waals surface area contributed by atoms with E-state index in [0.29, 0.717) is 14.9 Å². The van der Waals surface area contributed by atoms with Crippen LogP contribution in [0.4, 0.5) is 34.1 Å². The van der Waals surface area contributed by atoms with Gasteiger partial charge >= 0.3 is 0 Å². The van der Waals surface area contributed by atoms with E-state index in [0.717, 1.165) is 33.2 Å². The van der Waals surface area contributed by atoms with Crippen molar-refractivity contribution in [3.8, 4) is 100 Å². The molecule has 20 aromatic rings. The van der Waals surface area contributed by atoms with Crippen molar-refractivity contribution in [2.45, 2.75) is 0 Å². The fourth-order valence-electron chi connectivity index (χ4n) is 12.3. The number of aromatic nitrogens is 2. The molecule has 20 rings (SSSR count). The van der Waals surface area contributed by atoms with Crippen molar-refractivity contribution >= 4 is 77.7 Å². The van der Waals surface area contributed by atoms with Gasteiger partial charge in [-0.2, -0.15) is 0 Å². The van der Waals surface area contributed by atoms with Gasteiger partial charge in [-0.15, -0.1) is 0 Å². The van der Waals surface area contributed by atoms with Gasteiger partial charge < -0.3 is 18.9 Å². The van der Waals surface area contributed by atoms with Gasteiger partial charge in [-0.3, -0.25) is 0 Å². The first-order valence-electron chi connectivity index (χ1n) is 63.5. The number of nitrogens with zero attached hydrogens (tertiary/aromatic N) is 4. The van der Waals surface area contributed by atoms with Crippen LogP contribution in [-0.4, -0.2) is 9.13 Å². The molecule has 0 fully saturated rings. The summed E-state index contributed by atoms with van der Waals surface area (Å²) in [6.45, 7) is 0. The average molecular weight is 1490 g/mol. The molecule has 2 aromatic heterocycles. The Morgan fingerprint density at radius 1 is 0.188 bits per heavy atom. The monoisotopic (exact) mass is 1490 g/mol. The lowest BCUT2D eigenvalue weighted by Crippen LogP contribution is -2.11. The summed E-state index contributed by atoms with van der Waals surface area (Å²) in [4.78, 5) is 0.725. The van der Waals surface area contributed by atoms with Crippen LogP contribution < -0.4 is 9.80 Å². The van der Waals surface area contributed by atoms with E-state index in [2.05, 4.69) is 0 Å². The van der Waals surface area contributed by atoms with E-state index in [1.807, 2.05) is 83.4 Å². The normalized spacial score (nSPS) is 18.7. The Hall–Kier alpha value is -14.8. The lowest BCUT2D eigenvalue weighted by molar-refractivity contribution is 1.18. The number of hydrogen-bond donors (Lipinski definition) is 0. The van der Waals surface area contributed by atoms with Crippen molar-refractivity contribution in [2.75, 3.05) is 9.80 Å². The van der Waals surface area contributed by atoms with Gasteiger partial charge in [-0.1, -0.05) is 339 Å². The van der Waals surface area contributed by atoms with Gasteiger partial charge in [0.15, 0.2) is 0 Å². The first kappa shape index (κ1) is 29.3. The summed E-state index contributed by atoms with van der Waals surface area (Å²) in [5.41, 5.74) is -16.1. The molecule has 0 atom stereocenters. The van der Waals surface area contributed by atoms with Crippen LogP contribution in [0.1, 0.15) is 82.2 Å². The third-order valence-electron chi connectivity index (χ3n) is 17.3. The van der Waals surface area contributed by atoms with Crippen LogP contribution in [0.5, 0.6) is 0 Å². The third kappa shape index (κ3) is 13.4. The highest BCUT2D eigenvalue weighted by molar-refractivity contribution is 6.12. The van der Waals surface area contributed by atoms with Gasteiger partial charge in [0, 0.05) is 66.8 Å². The van der Waals surface area contributed by atoms with Crippen molar-refractivity contribution in [1.82, 2.24) is 9.13 Å². The Labute approximate surface area is 738 Å². The lowest BCUT2D eigenvalue weighted by Gasteiger charge is -2.28. The number of anilines is 6. The quantitative estimate of drug-likeness (QED) is 0.0959. The predicted molar refractivity (Wildman–Crippen MR) is 474 cm³/mol. The maximum absolute atomic E-state index is 9.87. The van der Waals surface area contributed by atoms with Gasteiger partial charge in [0.25, 0.3) is 0 Å². The van der Waals surface area contributed by atoms with Crippen molar-refractivity contribution < 1.29 is 82.2 Å². The van der Waals surface area contributed by atoms with Gasteiger partial charge in [-0.05, 0) is 199 Å². The van der Waals surface area contributed by atoms with E-state index < -0.39 is 491 Å². The van der Waals surface area contributed by atoms with Crippen LogP contribution >= 0.6 is 0 Å². The number of para-hydroxylation sites is 4. The largest absolute Gasteiger partial charge is 0.310 e. The van der Waals surface area contributed by atoms with Crippen LogP contribution in [0, 0.1) is 0 Å². The Bertz CT molecular complexity index is 10300. The zero-order valence-corrected chi connectivity index (χ0v) is 57.0. The van der Waals surface area contributed by atoms with Gasteiger partial charge in [-0.25, -0.2) is 0 Å². The summed E-state index contributed by atoms with van der Waals surface area (Å²) >= 11 is 0. The average Bonchev–Trinajstić information content (AvgIpc) is 1.42. The Morgan fingerprint density at radius 3 is 1.04 bits per heavy atom. The third-order valence-corrected chi connectivity index (χ3v) is 17.3. The topological polar surface area (TPSA) is 16.3 Å². The number of hydrogen-bond acceptors (Lipinski definition) is 2. The van der Waals surface area contributed by atoms with Gasteiger partial charge in [0.2, 0.25) is 0 Å². The van der Waals surface area contributed by atoms with Crippen molar-refractivity contribution in [1.29, 1.82) is 0 Å². The van der Waals surface area contributed by atoms with Crippen molar-refractivity contribution in [3.63, 3.8) is 0 Å². The SMILES string of the molecule is [2H]c1c([2H])c([2H])c(-c2c([2H])c([2H])c(N(c3c([2H])c([2H])c(-c4c([2H])c([2H])c5c(c4[2H])c4c([2H])c([2H])c([2H])c([2H])c4n5-c4c([2H])c([2H])c(-c5c([2H])c([2H])c([2H])c([2H])c5[2H])c([2H])c4[2H])c([2H])c3[2H])c3c([2H])c([2H])c([2H])c([2H])c3-c3c([2H])c([2H])c([2H])c([2H])c3[2H])c([2H])c2[2H])c([2H])c1[2H].[2H]c1c([2H])c([2H])c(-c2c([2H])c([2H])c(N(c3c([2H])c([2H])c(-c4ccc5c(c4)c4ccccc4n5-c4ccc(-c5ccccc5)cc4)c([2H])c3[2H])c3c([2H])c([2H])c([2H])c([2H])c3-c3c([2H])c([2H])c([2H])c([2H])c3[2H])c([2H])c2[2H])c([2H])c1[2H]. The molecule has 0 saturated heterocycles. The zero-order valence-electron chi connectivity index (χ0n) is 117. The Kier molecular flexibility index (Phi) is 7.96. The molecule has 0 aliphatic heterocycles. The van der Waals surface area contributed by atoms with Crippen LogP contribution in [0.3, 0.4) is 0 Å². The van der Waals surface area contributed by atoms with E-state index in [4.69, 9.17) is 46.6 Å². The molecule has 112 heavy (non-hydrogen) atoms. The Morgan fingerprint density at radius 2 is 0.536 bits per heavy atom. The maximum Gasteiger partial charge on any atom is 0.0645 e.